The Labute approximate surface area is 135 Å². The van der Waals surface area contributed by atoms with Crippen LogP contribution in [-0.2, 0) is 0 Å². The Kier molecular flexibility index (Phi) is 2.36. The number of hydrogen-bond acceptors (Lipinski definition) is 4. The van der Waals surface area contributed by atoms with Crippen LogP contribution in [0.2, 0.25) is 0 Å². The zero-order valence-electron chi connectivity index (χ0n) is 12.4. The van der Waals surface area contributed by atoms with E-state index in [0.29, 0.717) is 32.9 Å². The summed E-state index contributed by atoms with van der Waals surface area (Å²) in [7, 11) is 0. The fourth-order valence-electron chi connectivity index (χ4n) is 3.42. The predicted molar refractivity (Wildman–Crippen MR) is 88.7 cm³/mol. The summed E-state index contributed by atoms with van der Waals surface area (Å²) in [6.07, 6.45) is 0. The van der Waals surface area contributed by atoms with Crippen molar-refractivity contribution >= 4 is 33.3 Å². The lowest BCUT2D eigenvalue weighted by atomic mass is 9.87. The van der Waals surface area contributed by atoms with Crippen LogP contribution in [0.15, 0.2) is 59.0 Å². The van der Waals surface area contributed by atoms with Gasteiger partial charge in [-0.25, -0.2) is 0 Å². The number of hydrogen-bond donors (Lipinski definition) is 1. The van der Waals surface area contributed by atoms with E-state index < -0.39 is 0 Å². The van der Waals surface area contributed by atoms with E-state index in [1.807, 2.05) is 12.1 Å². The number of furan rings is 1. The van der Waals surface area contributed by atoms with Crippen molar-refractivity contribution in [3.05, 3.63) is 77.0 Å². The zero-order valence-corrected chi connectivity index (χ0v) is 12.4. The maximum Gasteiger partial charge on any atom is 0.229 e. The highest BCUT2D eigenvalue weighted by molar-refractivity contribution is 6.32. The maximum absolute atomic E-state index is 12.9. The molecule has 5 rings (SSSR count). The minimum absolute atomic E-state index is 0.0458. The SMILES string of the molecule is O=C1c2ccccc2C(=O)c2c1oc1c2cc(O)c2ccccc21. The average molecular weight is 314 g/mol. The van der Waals surface area contributed by atoms with E-state index >= 15 is 0 Å². The Morgan fingerprint density at radius 2 is 1.38 bits per heavy atom. The van der Waals surface area contributed by atoms with Crippen molar-refractivity contribution in [2.75, 3.05) is 0 Å². The molecule has 0 radical (unpaired) electrons. The minimum Gasteiger partial charge on any atom is -0.507 e. The van der Waals surface area contributed by atoms with E-state index in [2.05, 4.69) is 0 Å². The molecule has 0 aliphatic heterocycles. The molecule has 0 saturated heterocycles. The highest BCUT2D eigenvalue weighted by Gasteiger charge is 2.35. The topological polar surface area (TPSA) is 67.5 Å². The molecule has 4 aromatic rings. The van der Waals surface area contributed by atoms with Gasteiger partial charge in [0.05, 0.1) is 5.56 Å². The summed E-state index contributed by atoms with van der Waals surface area (Å²) in [6.45, 7) is 0. The van der Waals surface area contributed by atoms with E-state index in [1.165, 1.54) is 6.07 Å². The van der Waals surface area contributed by atoms with Crippen molar-refractivity contribution in [3.63, 3.8) is 0 Å². The van der Waals surface area contributed by atoms with E-state index in [-0.39, 0.29) is 28.6 Å². The van der Waals surface area contributed by atoms with Gasteiger partial charge in [-0.05, 0) is 6.07 Å². The molecule has 4 nitrogen and oxygen atoms in total. The van der Waals surface area contributed by atoms with Gasteiger partial charge in [0.2, 0.25) is 5.78 Å². The van der Waals surface area contributed by atoms with Crippen molar-refractivity contribution in [3.8, 4) is 5.75 Å². The van der Waals surface area contributed by atoms with Crippen LogP contribution in [-0.4, -0.2) is 16.7 Å². The Morgan fingerprint density at radius 3 is 2.12 bits per heavy atom. The Hall–Kier alpha value is -3.40. The van der Waals surface area contributed by atoms with Gasteiger partial charge < -0.3 is 9.52 Å². The van der Waals surface area contributed by atoms with E-state index in [1.54, 1.807) is 36.4 Å². The molecule has 0 bridgehead atoms. The largest absolute Gasteiger partial charge is 0.507 e. The third kappa shape index (κ3) is 1.47. The lowest BCUT2D eigenvalue weighted by Gasteiger charge is -2.12. The number of carbonyl (C=O) groups excluding carboxylic acids is 2. The van der Waals surface area contributed by atoms with Crippen LogP contribution in [0.1, 0.15) is 32.0 Å². The number of aromatic hydroxyl groups is 1. The second-order valence-electron chi connectivity index (χ2n) is 5.83. The van der Waals surface area contributed by atoms with Crippen LogP contribution in [0, 0.1) is 0 Å². The van der Waals surface area contributed by atoms with Gasteiger partial charge in [0.25, 0.3) is 0 Å². The molecule has 1 aliphatic rings. The van der Waals surface area contributed by atoms with Crippen LogP contribution < -0.4 is 0 Å². The van der Waals surface area contributed by atoms with Crippen molar-refractivity contribution in [2.24, 2.45) is 0 Å². The van der Waals surface area contributed by atoms with Crippen molar-refractivity contribution in [1.29, 1.82) is 0 Å². The lowest BCUT2D eigenvalue weighted by molar-refractivity contribution is 0.0962. The highest BCUT2D eigenvalue weighted by atomic mass is 16.3. The molecule has 0 fully saturated rings. The Balaban J connectivity index is 1.96. The first-order valence-corrected chi connectivity index (χ1v) is 7.52. The maximum atomic E-state index is 12.9. The summed E-state index contributed by atoms with van der Waals surface area (Å²) < 4.78 is 5.82. The molecule has 1 aromatic heterocycles. The van der Waals surface area contributed by atoms with E-state index in [0.717, 1.165) is 0 Å². The molecular weight excluding hydrogens is 304 g/mol. The number of phenols is 1. The number of ketones is 2. The third-order valence-electron chi connectivity index (χ3n) is 4.52. The number of rotatable bonds is 0. The van der Waals surface area contributed by atoms with Gasteiger partial charge in [0.15, 0.2) is 11.5 Å². The van der Waals surface area contributed by atoms with Crippen molar-refractivity contribution < 1.29 is 19.1 Å². The summed E-state index contributed by atoms with van der Waals surface area (Å²) in [5, 5.41) is 12.1. The Bertz CT molecular complexity index is 1200. The molecular formula is C20H10O4. The van der Waals surface area contributed by atoms with Crippen LogP contribution in [0.25, 0.3) is 21.7 Å². The molecule has 0 unspecified atom stereocenters. The first kappa shape index (κ1) is 13.1. The first-order valence-electron chi connectivity index (χ1n) is 7.52. The first-order chi connectivity index (χ1) is 11.7. The lowest BCUT2D eigenvalue weighted by Crippen LogP contribution is -2.19. The fraction of sp³-hybridized carbons (Fsp3) is 0. The highest BCUT2D eigenvalue weighted by Crippen LogP contribution is 2.40. The summed E-state index contributed by atoms with van der Waals surface area (Å²) >= 11 is 0. The van der Waals surface area contributed by atoms with Crippen LogP contribution in [0.4, 0.5) is 0 Å². The van der Waals surface area contributed by atoms with E-state index in [4.69, 9.17) is 4.42 Å². The summed E-state index contributed by atoms with van der Waals surface area (Å²) in [6, 6.07) is 15.4. The molecule has 0 amide bonds. The molecule has 24 heavy (non-hydrogen) atoms. The molecule has 3 aromatic carbocycles. The molecule has 4 heteroatoms. The van der Waals surface area contributed by atoms with Gasteiger partial charge in [0, 0.05) is 27.3 Å². The standard InChI is InChI=1S/C20H10O4/c21-15-9-14-16-17(22)11-6-2-3-7-12(11)18(23)20(16)24-19(14)13-8-4-1-5-10(13)15/h1-9,21H. The monoisotopic (exact) mass is 314 g/mol. The third-order valence-corrected chi connectivity index (χ3v) is 4.52. The average Bonchev–Trinajstić information content (AvgIpc) is 3.00. The van der Waals surface area contributed by atoms with Gasteiger partial charge in [-0.15, -0.1) is 0 Å². The van der Waals surface area contributed by atoms with Gasteiger partial charge in [-0.2, -0.15) is 0 Å². The van der Waals surface area contributed by atoms with Crippen LogP contribution >= 0.6 is 0 Å². The van der Waals surface area contributed by atoms with Gasteiger partial charge >= 0.3 is 0 Å². The quantitative estimate of drug-likeness (QED) is 0.468. The molecule has 1 heterocycles. The van der Waals surface area contributed by atoms with Crippen LogP contribution in [0.3, 0.4) is 0 Å². The second-order valence-corrected chi connectivity index (χ2v) is 5.83. The number of carbonyl (C=O) groups is 2. The molecule has 0 saturated carbocycles. The Morgan fingerprint density at radius 1 is 0.750 bits per heavy atom. The van der Waals surface area contributed by atoms with Gasteiger partial charge in [-0.1, -0.05) is 48.5 Å². The van der Waals surface area contributed by atoms with Crippen molar-refractivity contribution in [2.45, 2.75) is 0 Å². The number of fused-ring (bicyclic) bond motifs is 6. The minimum atomic E-state index is -0.306. The summed E-state index contributed by atoms with van der Waals surface area (Å²) in [4.78, 5) is 25.6. The van der Waals surface area contributed by atoms with Gasteiger partial charge in [-0.3, -0.25) is 9.59 Å². The number of benzene rings is 3. The van der Waals surface area contributed by atoms with Gasteiger partial charge in [0.1, 0.15) is 11.3 Å². The molecule has 1 aliphatic carbocycles. The molecule has 0 spiro atoms. The van der Waals surface area contributed by atoms with Crippen molar-refractivity contribution in [1.82, 2.24) is 0 Å². The molecule has 0 atom stereocenters. The molecule has 1 N–H and O–H groups in total. The smallest absolute Gasteiger partial charge is 0.229 e. The van der Waals surface area contributed by atoms with Crippen LogP contribution in [0.5, 0.6) is 5.75 Å². The summed E-state index contributed by atoms with van der Waals surface area (Å²) in [5.41, 5.74) is 1.39. The molecule has 114 valence electrons. The zero-order chi connectivity index (χ0) is 16.4. The fourth-order valence-corrected chi connectivity index (χ4v) is 3.42. The summed E-state index contributed by atoms with van der Waals surface area (Å²) in [5.74, 6) is -0.459. The van der Waals surface area contributed by atoms with E-state index in [9.17, 15) is 14.7 Å². The predicted octanol–water partition coefficient (Wildman–Crippen LogP) is 4.07. The second kappa shape index (κ2) is 4.32. The normalized spacial score (nSPS) is 13.3. The number of phenolic OH excluding ortho intramolecular Hbond substituents is 1.